The molecule has 1 fully saturated rings. The molecule has 0 bridgehead atoms. The number of aromatic nitrogens is 3. The molecule has 0 saturated carbocycles. The number of aryl methyl sites for hydroxylation is 1. The fourth-order valence-corrected chi connectivity index (χ4v) is 6.50. The number of rotatable bonds is 7. The van der Waals surface area contributed by atoms with Gasteiger partial charge >= 0.3 is 0 Å². The highest BCUT2D eigenvalue weighted by Gasteiger charge is 2.31. The van der Waals surface area contributed by atoms with Crippen molar-refractivity contribution in [3.8, 4) is 10.4 Å². The average molecular weight is 509 g/mol. The number of pyridine rings is 1. The first-order valence-electron chi connectivity index (χ1n) is 11.6. The number of thiophene rings is 1. The molecule has 1 saturated heterocycles. The van der Waals surface area contributed by atoms with Crippen LogP contribution in [-0.4, -0.2) is 56.5 Å². The summed E-state index contributed by atoms with van der Waals surface area (Å²) in [4.78, 5) is 34.7. The van der Waals surface area contributed by atoms with Gasteiger partial charge in [0.05, 0.1) is 26.5 Å². The first kappa shape index (κ1) is 23.7. The minimum absolute atomic E-state index is 0.108. The summed E-state index contributed by atoms with van der Waals surface area (Å²) >= 11 is 2.80. The molecular weight excluding hydrogens is 480 g/mol. The average Bonchev–Trinajstić information content (AvgIpc) is 3.58. The highest BCUT2D eigenvalue weighted by molar-refractivity contribution is 7.21. The summed E-state index contributed by atoms with van der Waals surface area (Å²) < 4.78 is 1.72. The lowest BCUT2D eigenvalue weighted by molar-refractivity contribution is 0.0943. The Morgan fingerprint density at radius 3 is 2.71 bits per heavy atom. The van der Waals surface area contributed by atoms with Gasteiger partial charge in [-0.25, -0.2) is 4.52 Å². The van der Waals surface area contributed by atoms with Gasteiger partial charge in [-0.05, 0) is 69.5 Å². The highest BCUT2D eigenvalue weighted by atomic mass is 32.1. The van der Waals surface area contributed by atoms with Crippen molar-refractivity contribution in [2.24, 2.45) is 0 Å². The van der Waals surface area contributed by atoms with Crippen LogP contribution >= 0.6 is 22.7 Å². The van der Waals surface area contributed by atoms with Crippen molar-refractivity contribution in [2.45, 2.75) is 39.2 Å². The Balaban J connectivity index is 1.24. The van der Waals surface area contributed by atoms with E-state index in [1.54, 1.807) is 23.1 Å². The van der Waals surface area contributed by atoms with E-state index in [9.17, 15) is 9.59 Å². The first-order chi connectivity index (χ1) is 16.8. The Morgan fingerprint density at radius 2 is 1.97 bits per heavy atom. The zero-order chi connectivity index (χ0) is 24.6. The van der Waals surface area contributed by atoms with Gasteiger partial charge in [-0.2, -0.15) is 5.10 Å². The van der Waals surface area contributed by atoms with Crippen LogP contribution in [0.3, 0.4) is 0 Å². The van der Waals surface area contributed by atoms with Crippen LogP contribution in [0.1, 0.15) is 52.3 Å². The van der Waals surface area contributed by atoms with Gasteiger partial charge in [-0.3, -0.25) is 19.5 Å². The van der Waals surface area contributed by atoms with Crippen molar-refractivity contribution >= 4 is 44.3 Å². The SMILES string of the molecule is Cc1cc(C(=O)NCCN2CCCC2(C)C)sc1NC(=O)c1cnn2cc(-c3ccncc3)sc12. The predicted octanol–water partition coefficient (Wildman–Crippen LogP) is 4.68. The molecule has 0 atom stereocenters. The lowest BCUT2D eigenvalue weighted by Crippen LogP contribution is -2.42. The Labute approximate surface area is 212 Å². The summed E-state index contributed by atoms with van der Waals surface area (Å²) in [7, 11) is 0. The molecule has 1 aliphatic heterocycles. The van der Waals surface area contributed by atoms with Gasteiger partial charge in [-0.1, -0.05) is 0 Å². The second-order valence-corrected chi connectivity index (χ2v) is 11.5. The molecule has 0 radical (unpaired) electrons. The predicted molar refractivity (Wildman–Crippen MR) is 141 cm³/mol. The summed E-state index contributed by atoms with van der Waals surface area (Å²) in [5.41, 5.74) is 2.59. The van der Waals surface area contributed by atoms with Crippen molar-refractivity contribution < 1.29 is 9.59 Å². The lowest BCUT2D eigenvalue weighted by Gasteiger charge is -2.31. The van der Waals surface area contributed by atoms with Crippen LogP contribution in [-0.2, 0) is 0 Å². The highest BCUT2D eigenvalue weighted by Crippen LogP contribution is 2.32. The molecule has 0 aromatic carbocycles. The second kappa shape index (κ2) is 9.52. The summed E-state index contributed by atoms with van der Waals surface area (Å²) in [5, 5.41) is 11.0. The van der Waals surface area contributed by atoms with Gasteiger partial charge in [0, 0.05) is 37.2 Å². The number of anilines is 1. The standard InChI is InChI=1S/C25H28N6O2S2/c1-16-13-19(22(33)27-10-12-30-11-4-7-25(30,2)3)34-23(16)29-21(32)18-14-28-31-15-20(35-24(18)31)17-5-8-26-9-6-17/h5-6,8-9,13-15H,4,7,10-12H2,1-3H3,(H,27,33)(H,29,32). The fraction of sp³-hybridized carbons (Fsp3) is 0.360. The molecule has 0 aliphatic carbocycles. The van der Waals surface area contributed by atoms with Crippen molar-refractivity contribution in [1.29, 1.82) is 0 Å². The third kappa shape index (κ3) is 4.86. The summed E-state index contributed by atoms with van der Waals surface area (Å²) in [6, 6.07) is 5.69. The van der Waals surface area contributed by atoms with Gasteiger partial charge in [0.1, 0.15) is 4.83 Å². The summed E-state index contributed by atoms with van der Waals surface area (Å²) in [6.07, 6.45) is 9.36. The van der Waals surface area contributed by atoms with Gasteiger partial charge in [-0.15, -0.1) is 22.7 Å². The number of fused-ring (bicyclic) bond motifs is 1. The third-order valence-electron chi connectivity index (χ3n) is 6.51. The van der Waals surface area contributed by atoms with Crippen LogP contribution in [0.15, 0.2) is 43.0 Å². The fourth-order valence-electron chi connectivity index (χ4n) is 4.45. The minimum Gasteiger partial charge on any atom is -0.350 e. The number of nitrogens with one attached hydrogen (secondary N) is 2. The van der Waals surface area contributed by atoms with E-state index in [1.165, 1.54) is 35.5 Å². The molecule has 2 amide bonds. The van der Waals surface area contributed by atoms with E-state index >= 15 is 0 Å². The van der Waals surface area contributed by atoms with E-state index in [0.29, 0.717) is 22.0 Å². The van der Waals surface area contributed by atoms with Crippen LogP contribution in [0, 0.1) is 6.92 Å². The molecule has 5 rings (SSSR count). The smallest absolute Gasteiger partial charge is 0.261 e. The van der Waals surface area contributed by atoms with Crippen molar-refractivity contribution in [1.82, 2.24) is 24.8 Å². The monoisotopic (exact) mass is 508 g/mol. The maximum absolute atomic E-state index is 13.1. The topological polar surface area (TPSA) is 91.6 Å². The maximum Gasteiger partial charge on any atom is 0.261 e. The number of carbonyl (C=O) groups excluding carboxylic acids is 2. The quantitative estimate of drug-likeness (QED) is 0.378. The zero-order valence-corrected chi connectivity index (χ0v) is 21.6. The molecule has 5 heterocycles. The molecule has 4 aromatic heterocycles. The lowest BCUT2D eigenvalue weighted by atomic mass is 10.0. The number of carbonyl (C=O) groups is 2. The van der Waals surface area contributed by atoms with E-state index in [-0.39, 0.29) is 17.4 Å². The number of hydrogen-bond acceptors (Lipinski definition) is 7. The minimum atomic E-state index is -0.240. The normalized spacial score (nSPS) is 15.5. The maximum atomic E-state index is 13.1. The molecule has 35 heavy (non-hydrogen) atoms. The van der Waals surface area contributed by atoms with Crippen molar-refractivity contribution in [3.05, 3.63) is 59.0 Å². The Hall–Kier alpha value is -3.08. The number of thiazole rings is 1. The zero-order valence-electron chi connectivity index (χ0n) is 20.0. The van der Waals surface area contributed by atoms with Gasteiger partial charge in [0.2, 0.25) is 0 Å². The third-order valence-corrected chi connectivity index (χ3v) is 8.83. The van der Waals surface area contributed by atoms with Crippen LogP contribution < -0.4 is 10.6 Å². The number of nitrogens with zero attached hydrogens (tertiary/aromatic N) is 4. The number of hydrogen-bond donors (Lipinski definition) is 2. The molecule has 0 unspecified atom stereocenters. The largest absolute Gasteiger partial charge is 0.350 e. The molecule has 4 aromatic rings. The van der Waals surface area contributed by atoms with Gasteiger partial charge < -0.3 is 10.6 Å². The molecule has 1 aliphatic rings. The van der Waals surface area contributed by atoms with Gasteiger partial charge in [0.25, 0.3) is 11.8 Å². The second-order valence-electron chi connectivity index (χ2n) is 9.38. The van der Waals surface area contributed by atoms with E-state index in [0.717, 1.165) is 33.9 Å². The number of amides is 2. The molecule has 8 nitrogen and oxygen atoms in total. The molecular formula is C25H28N6O2S2. The molecule has 2 N–H and O–H groups in total. The van der Waals surface area contributed by atoms with E-state index in [2.05, 4.69) is 39.5 Å². The van der Waals surface area contributed by atoms with Crippen LogP contribution in [0.5, 0.6) is 0 Å². The first-order valence-corrected chi connectivity index (χ1v) is 13.3. The van der Waals surface area contributed by atoms with Crippen molar-refractivity contribution in [2.75, 3.05) is 25.0 Å². The molecule has 10 heteroatoms. The summed E-state index contributed by atoms with van der Waals surface area (Å²) in [6.45, 7) is 8.93. The Bertz CT molecular complexity index is 1370. The Kier molecular flexibility index (Phi) is 6.43. The summed E-state index contributed by atoms with van der Waals surface area (Å²) in [5.74, 6) is -0.347. The molecule has 0 spiro atoms. The van der Waals surface area contributed by atoms with E-state index in [4.69, 9.17) is 0 Å². The molecule has 182 valence electrons. The van der Waals surface area contributed by atoms with E-state index in [1.807, 2.05) is 31.3 Å². The van der Waals surface area contributed by atoms with Gasteiger partial charge in [0.15, 0.2) is 0 Å². The van der Waals surface area contributed by atoms with Crippen molar-refractivity contribution in [3.63, 3.8) is 0 Å². The van der Waals surface area contributed by atoms with Crippen LogP contribution in [0.2, 0.25) is 0 Å². The van der Waals surface area contributed by atoms with E-state index < -0.39 is 0 Å². The van der Waals surface area contributed by atoms with Crippen LogP contribution in [0.4, 0.5) is 5.00 Å². The number of likely N-dealkylation sites (tertiary alicyclic amines) is 1. The Morgan fingerprint density at radius 1 is 1.17 bits per heavy atom. The van der Waals surface area contributed by atoms with Crippen LogP contribution in [0.25, 0.3) is 15.3 Å².